The Morgan fingerprint density at radius 3 is 2.38 bits per heavy atom. The van der Waals surface area contributed by atoms with Gasteiger partial charge in [0.2, 0.25) is 10.0 Å². The van der Waals surface area contributed by atoms with Crippen molar-refractivity contribution in [1.82, 2.24) is 3.97 Å². The van der Waals surface area contributed by atoms with E-state index in [2.05, 4.69) is 6.58 Å². The van der Waals surface area contributed by atoms with Crippen molar-refractivity contribution in [2.75, 3.05) is 5.73 Å². The minimum atomic E-state index is -4.31. The summed E-state index contributed by atoms with van der Waals surface area (Å²) in [5, 5.41) is -1.49. The first-order valence-corrected chi connectivity index (χ1v) is 9.08. The fourth-order valence-corrected chi connectivity index (χ4v) is 4.62. The summed E-state index contributed by atoms with van der Waals surface area (Å²) in [4.78, 5) is 0. The van der Waals surface area contributed by atoms with Gasteiger partial charge in [-0.15, -0.1) is 6.58 Å². The molecule has 1 unspecified atom stereocenters. The van der Waals surface area contributed by atoms with Gasteiger partial charge in [0.1, 0.15) is 11.1 Å². The second-order valence-corrected chi connectivity index (χ2v) is 7.58. The lowest BCUT2D eigenvalue weighted by atomic mass is 10.1. The highest BCUT2D eigenvalue weighted by Gasteiger charge is 2.31. The average Bonchev–Trinajstić information content (AvgIpc) is 2.99. The summed E-state index contributed by atoms with van der Waals surface area (Å²) in [6.45, 7) is 3.48. The van der Waals surface area contributed by atoms with E-state index in [1.165, 1.54) is 36.4 Å². The fourth-order valence-electron chi connectivity index (χ4n) is 2.93. The zero-order valence-electron chi connectivity index (χ0n) is 13.4. The normalized spacial score (nSPS) is 13.2. The van der Waals surface area contributed by atoms with Crippen molar-refractivity contribution < 1.29 is 21.6 Å². The van der Waals surface area contributed by atoms with E-state index in [0.29, 0.717) is 0 Å². The summed E-state index contributed by atoms with van der Waals surface area (Å²) >= 11 is 0. The molecule has 136 valence electrons. The lowest BCUT2D eigenvalue weighted by Gasteiger charge is -2.16. The molecule has 1 heterocycles. The van der Waals surface area contributed by atoms with E-state index in [1.807, 2.05) is 0 Å². The van der Waals surface area contributed by atoms with Crippen molar-refractivity contribution in [2.45, 2.75) is 11.7 Å². The van der Waals surface area contributed by atoms with Gasteiger partial charge in [-0.05, 0) is 18.2 Å². The van der Waals surface area contributed by atoms with Crippen LogP contribution in [0, 0.1) is 5.82 Å². The fraction of sp³-hybridized carbons (Fsp3) is 0.111. The van der Waals surface area contributed by atoms with Crippen LogP contribution in [0.2, 0.25) is 0 Å². The lowest BCUT2D eigenvalue weighted by molar-refractivity contribution is 0.153. The van der Waals surface area contributed by atoms with Gasteiger partial charge in [-0.3, -0.25) is 0 Å². The molecular weight excluding hydrogens is 365 g/mol. The quantitative estimate of drug-likeness (QED) is 0.527. The molecule has 0 fully saturated rings. The van der Waals surface area contributed by atoms with E-state index in [4.69, 9.17) is 5.73 Å². The monoisotopic (exact) mass is 380 g/mol. The number of rotatable bonds is 5. The van der Waals surface area contributed by atoms with Crippen molar-refractivity contribution in [3.8, 4) is 0 Å². The third-order valence-electron chi connectivity index (χ3n) is 4.11. The first-order chi connectivity index (χ1) is 12.3. The smallest absolute Gasteiger partial charge is 0.266 e. The minimum absolute atomic E-state index is 0.00323. The molecule has 0 radical (unpaired) electrons. The molecule has 0 aliphatic heterocycles. The molecule has 0 saturated carbocycles. The Hall–Kier alpha value is -2.74. The number of alkyl halides is 2. The standard InChI is InChI=1S/C18H15F3N2O2S/c1-2-16(11-6-3-4-7-13(11)19)26(24,25)23-10-12(18(20)21)17-14(22)8-5-9-15(17)23/h2-10,16,18H,1,22H2. The summed E-state index contributed by atoms with van der Waals surface area (Å²) in [7, 11) is -4.31. The Morgan fingerprint density at radius 1 is 1.08 bits per heavy atom. The van der Waals surface area contributed by atoms with Crippen molar-refractivity contribution in [1.29, 1.82) is 0 Å². The van der Waals surface area contributed by atoms with Crippen LogP contribution in [-0.4, -0.2) is 12.4 Å². The lowest BCUT2D eigenvalue weighted by Crippen LogP contribution is -2.20. The molecule has 4 nitrogen and oxygen atoms in total. The number of nitrogens with zero attached hydrogens (tertiary/aromatic N) is 1. The predicted octanol–water partition coefficient (Wildman–Crippen LogP) is 4.41. The van der Waals surface area contributed by atoms with Crippen LogP contribution >= 0.6 is 0 Å². The maximum Gasteiger partial charge on any atom is 0.266 e. The number of fused-ring (bicyclic) bond motifs is 1. The van der Waals surface area contributed by atoms with Gasteiger partial charge in [0.05, 0.1) is 5.52 Å². The first kappa shape index (κ1) is 18.1. The van der Waals surface area contributed by atoms with Gasteiger partial charge < -0.3 is 5.73 Å². The van der Waals surface area contributed by atoms with Gasteiger partial charge in [0.15, 0.2) is 0 Å². The van der Waals surface area contributed by atoms with Gasteiger partial charge in [0.25, 0.3) is 6.43 Å². The van der Waals surface area contributed by atoms with Gasteiger partial charge in [0, 0.05) is 28.4 Å². The molecule has 26 heavy (non-hydrogen) atoms. The maximum atomic E-state index is 14.1. The van der Waals surface area contributed by atoms with Crippen molar-refractivity contribution in [2.24, 2.45) is 0 Å². The molecule has 8 heteroatoms. The second kappa shape index (κ2) is 6.53. The Labute approximate surface area is 148 Å². The number of halogens is 3. The Morgan fingerprint density at radius 2 is 1.77 bits per heavy atom. The van der Waals surface area contributed by atoms with Crippen LogP contribution in [-0.2, 0) is 10.0 Å². The molecule has 2 N–H and O–H groups in total. The molecule has 1 aromatic heterocycles. The highest BCUT2D eigenvalue weighted by atomic mass is 32.2. The number of hydrogen-bond donors (Lipinski definition) is 1. The van der Waals surface area contributed by atoms with E-state index in [1.54, 1.807) is 0 Å². The number of benzene rings is 2. The largest absolute Gasteiger partial charge is 0.398 e. The van der Waals surface area contributed by atoms with E-state index in [9.17, 15) is 21.6 Å². The molecule has 3 aromatic rings. The summed E-state index contributed by atoms with van der Waals surface area (Å²) in [6, 6.07) is 9.59. The highest BCUT2D eigenvalue weighted by Crippen LogP contribution is 2.37. The molecule has 0 spiro atoms. The van der Waals surface area contributed by atoms with Gasteiger partial charge in [-0.25, -0.2) is 25.6 Å². The minimum Gasteiger partial charge on any atom is -0.398 e. The van der Waals surface area contributed by atoms with Crippen molar-refractivity contribution >= 4 is 26.6 Å². The Balaban J connectivity index is 2.30. The number of aromatic nitrogens is 1. The molecular formula is C18H15F3N2O2S. The third kappa shape index (κ3) is 2.76. The summed E-state index contributed by atoms with van der Waals surface area (Å²) in [5.74, 6) is -0.731. The van der Waals surface area contributed by atoms with Gasteiger partial charge >= 0.3 is 0 Å². The summed E-state index contributed by atoms with van der Waals surface area (Å²) < 4.78 is 67.9. The second-order valence-electron chi connectivity index (χ2n) is 5.65. The average molecular weight is 380 g/mol. The molecule has 0 saturated heterocycles. The number of nitrogens with two attached hydrogens (primary N) is 1. The summed E-state index contributed by atoms with van der Waals surface area (Å²) in [6.07, 6.45) is -1.03. The maximum absolute atomic E-state index is 14.1. The zero-order chi connectivity index (χ0) is 19.1. The van der Waals surface area contributed by atoms with Crippen LogP contribution in [0.4, 0.5) is 18.9 Å². The first-order valence-electron chi connectivity index (χ1n) is 7.58. The van der Waals surface area contributed by atoms with E-state index >= 15 is 0 Å². The Bertz CT molecular complexity index is 1090. The predicted molar refractivity (Wildman–Crippen MR) is 95.0 cm³/mol. The molecule has 2 aromatic carbocycles. The van der Waals surface area contributed by atoms with Gasteiger partial charge in [-0.1, -0.05) is 30.3 Å². The molecule has 0 bridgehead atoms. The van der Waals surface area contributed by atoms with Crippen LogP contribution in [0.15, 0.2) is 61.3 Å². The molecule has 0 aliphatic carbocycles. The van der Waals surface area contributed by atoms with Crippen molar-refractivity contribution in [3.63, 3.8) is 0 Å². The number of anilines is 1. The third-order valence-corrected chi connectivity index (χ3v) is 6.05. The molecule has 1 atom stereocenters. The van der Waals surface area contributed by atoms with Crippen LogP contribution in [0.5, 0.6) is 0 Å². The Kier molecular flexibility index (Phi) is 4.53. The molecule has 0 amide bonds. The number of hydrogen-bond acceptors (Lipinski definition) is 3. The molecule has 0 aliphatic rings. The van der Waals surface area contributed by atoms with E-state index in [0.717, 1.165) is 22.3 Å². The highest BCUT2D eigenvalue weighted by molar-refractivity contribution is 7.90. The van der Waals surface area contributed by atoms with E-state index < -0.39 is 33.1 Å². The van der Waals surface area contributed by atoms with E-state index in [-0.39, 0.29) is 22.2 Å². The van der Waals surface area contributed by atoms with Crippen LogP contribution in [0.25, 0.3) is 10.9 Å². The number of nitrogen functional groups attached to an aromatic ring is 1. The summed E-state index contributed by atoms with van der Waals surface area (Å²) in [5.41, 5.74) is 5.19. The van der Waals surface area contributed by atoms with Crippen LogP contribution in [0.3, 0.4) is 0 Å². The van der Waals surface area contributed by atoms with Gasteiger partial charge in [-0.2, -0.15) is 0 Å². The zero-order valence-corrected chi connectivity index (χ0v) is 14.3. The molecule has 3 rings (SSSR count). The van der Waals surface area contributed by atoms with Crippen LogP contribution < -0.4 is 5.73 Å². The SMILES string of the molecule is C=CC(c1ccccc1F)S(=O)(=O)n1cc(C(F)F)c2c(N)cccc21. The topological polar surface area (TPSA) is 65.1 Å². The van der Waals surface area contributed by atoms with Crippen LogP contribution in [0.1, 0.15) is 22.8 Å². The van der Waals surface area contributed by atoms with Crippen molar-refractivity contribution in [3.05, 3.63) is 78.3 Å².